The second kappa shape index (κ2) is 7.43. The highest BCUT2D eigenvalue weighted by Crippen LogP contribution is 2.03. The summed E-state index contributed by atoms with van der Waals surface area (Å²) in [7, 11) is 1.73. The lowest BCUT2D eigenvalue weighted by Crippen LogP contribution is -2.36. The third-order valence-corrected chi connectivity index (χ3v) is 2.60. The molecule has 0 aliphatic carbocycles. The molecule has 1 heterocycles. The van der Waals surface area contributed by atoms with E-state index in [-0.39, 0.29) is 5.54 Å². The summed E-state index contributed by atoms with van der Waals surface area (Å²) < 4.78 is 6.90. The minimum atomic E-state index is 0.0786. The zero-order valence-electron chi connectivity index (χ0n) is 11.9. The van der Waals surface area contributed by atoms with Crippen LogP contribution in [0.4, 0.5) is 0 Å². The van der Waals surface area contributed by atoms with Gasteiger partial charge in [-0.1, -0.05) is 0 Å². The minimum absolute atomic E-state index is 0.0786. The number of aryl methyl sites for hydroxylation is 1. The number of ether oxygens (including phenoxy) is 1. The van der Waals surface area contributed by atoms with Gasteiger partial charge in [-0.15, -0.1) is 5.10 Å². The molecule has 6 heteroatoms. The molecule has 0 aromatic carbocycles. The predicted octanol–water partition coefficient (Wildman–Crippen LogP) is 1.38. The normalized spacial score (nSPS) is 12.0. The van der Waals surface area contributed by atoms with Crippen LogP contribution in [0.1, 0.15) is 45.9 Å². The molecule has 0 aliphatic heterocycles. The Kier molecular flexibility index (Phi) is 6.21. The largest absolute Gasteiger partial charge is 0.385 e. The number of methoxy groups -OCH3 is 1. The SMILES string of the molecule is COCCCCCn1nnnc1CNC(C)(C)C. The first-order valence-corrected chi connectivity index (χ1v) is 6.52. The predicted molar refractivity (Wildman–Crippen MR) is 70.1 cm³/mol. The maximum atomic E-state index is 5.02. The number of rotatable bonds is 8. The van der Waals surface area contributed by atoms with Crippen molar-refractivity contribution in [2.45, 2.75) is 58.7 Å². The summed E-state index contributed by atoms with van der Waals surface area (Å²) in [5.74, 6) is 0.900. The van der Waals surface area contributed by atoms with Crippen LogP contribution in [-0.2, 0) is 17.8 Å². The molecule has 1 N–H and O–H groups in total. The van der Waals surface area contributed by atoms with Crippen LogP contribution in [0, 0.1) is 0 Å². The van der Waals surface area contributed by atoms with E-state index in [9.17, 15) is 0 Å². The Bertz CT molecular complexity index is 331. The van der Waals surface area contributed by atoms with Gasteiger partial charge in [-0.25, -0.2) is 4.68 Å². The molecule has 0 fully saturated rings. The second-order valence-electron chi connectivity index (χ2n) is 5.48. The first-order chi connectivity index (χ1) is 8.53. The molecule has 0 saturated carbocycles. The molecule has 0 atom stereocenters. The van der Waals surface area contributed by atoms with Crippen LogP contribution in [0.2, 0.25) is 0 Å². The average Bonchev–Trinajstić information content (AvgIpc) is 2.73. The van der Waals surface area contributed by atoms with Crippen molar-refractivity contribution in [2.75, 3.05) is 13.7 Å². The Morgan fingerprint density at radius 2 is 2.00 bits per heavy atom. The summed E-state index contributed by atoms with van der Waals surface area (Å²) in [5.41, 5.74) is 0.0786. The third kappa shape index (κ3) is 6.07. The molecule has 0 radical (unpaired) electrons. The Balaban J connectivity index is 2.31. The van der Waals surface area contributed by atoms with Crippen LogP contribution in [0.15, 0.2) is 0 Å². The lowest BCUT2D eigenvalue weighted by Gasteiger charge is -2.19. The summed E-state index contributed by atoms with van der Waals surface area (Å²) in [6, 6.07) is 0. The fourth-order valence-corrected chi connectivity index (χ4v) is 1.55. The second-order valence-corrected chi connectivity index (χ2v) is 5.48. The number of unbranched alkanes of at least 4 members (excludes halogenated alkanes) is 2. The zero-order valence-corrected chi connectivity index (χ0v) is 11.9. The van der Waals surface area contributed by atoms with Gasteiger partial charge in [-0.3, -0.25) is 0 Å². The highest BCUT2D eigenvalue weighted by Gasteiger charge is 2.12. The monoisotopic (exact) mass is 255 g/mol. The zero-order chi connectivity index (χ0) is 13.4. The fraction of sp³-hybridized carbons (Fsp3) is 0.917. The van der Waals surface area contributed by atoms with Gasteiger partial charge in [0.2, 0.25) is 0 Å². The van der Waals surface area contributed by atoms with E-state index in [4.69, 9.17) is 4.74 Å². The molecule has 0 amide bonds. The number of nitrogens with zero attached hydrogens (tertiary/aromatic N) is 4. The van der Waals surface area contributed by atoms with Crippen LogP contribution in [0.25, 0.3) is 0 Å². The summed E-state index contributed by atoms with van der Waals surface area (Å²) in [5, 5.41) is 15.2. The van der Waals surface area contributed by atoms with Crippen LogP contribution >= 0.6 is 0 Å². The summed E-state index contributed by atoms with van der Waals surface area (Å²) >= 11 is 0. The molecule has 0 unspecified atom stereocenters. The molecule has 104 valence electrons. The van der Waals surface area contributed by atoms with Gasteiger partial charge < -0.3 is 10.1 Å². The van der Waals surface area contributed by atoms with Crippen molar-refractivity contribution in [2.24, 2.45) is 0 Å². The highest BCUT2D eigenvalue weighted by atomic mass is 16.5. The quantitative estimate of drug-likeness (QED) is 0.711. The summed E-state index contributed by atoms with van der Waals surface area (Å²) in [6.07, 6.45) is 3.31. The van der Waals surface area contributed by atoms with E-state index in [1.54, 1.807) is 7.11 Å². The van der Waals surface area contributed by atoms with E-state index in [2.05, 4.69) is 41.6 Å². The molecule has 1 aromatic heterocycles. The maximum Gasteiger partial charge on any atom is 0.165 e. The molecule has 18 heavy (non-hydrogen) atoms. The topological polar surface area (TPSA) is 64.9 Å². The Morgan fingerprint density at radius 3 is 2.67 bits per heavy atom. The van der Waals surface area contributed by atoms with Gasteiger partial charge in [0, 0.05) is 25.8 Å². The van der Waals surface area contributed by atoms with Crippen molar-refractivity contribution in [1.29, 1.82) is 0 Å². The lowest BCUT2D eigenvalue weighted by atomic mass is 10.1. The number of nitrogens with one attached hydrogen (secondary N) is 1. The van der Waals surface area contributed by atoms with Crippen molar-refractivity contribution >= 4 is 0 Å². The molecule has 0 aliphatic rings. The van der Waals surface area contributed by atoms with Crippen LogP contribution in [0.3, 0.4) is 0 Å². The van der Waals surface area contributed by atoms with Gasteiger partial charge in [0.1, 0.15) is 0 Å². The average molecular weight is 255 g/mol. The van der Waals surface area contributed by atoms with Gasteiger partial charge >= 0.3 is 0 Å². The van der Waals surface area contributed by atoms with Gasteiger partial charge in [-0.2, -0.15) is 0 Å². The smallest absolute Gasteiger partial charge is 0.165 e. The van der Waals surface area contributed by atoms with Crippen molar-refractivity contribution in [3.05, 3.63) is 5.82 Å². The molecule has 1 rings (SSSR count). The Hall–Kier alpha value is -1.01. The first kappa shape index (κ1) is 15.0. The lowest BCUT2D eigenvalue weighted by molar-refractivity contribution is 0.191. The van der Waals surface area contributed by atoms with Crippen LogP contribution in [-0.4, -0.2) is 39.5 Å². The van der Waals surface area contributed by atoms with E-state index < -0.39 is 0 Å². The van der Waals surface area contributed by atoms with Crippen LogP contribution < -0.4 is 5.32 Å². The molecular weight excluding hydrogens is 230 g/mol. The number of hydrogen-bond donors (Lipinski definition) is 1. The molecule has 0 saturated heterocycles. The van der Waals surface area contributed by atoms with Gasteiger partial charge in [0.15, 0.2) is 5.82 Å². The number of hydrogen-bond acceptors (Lipinski definition) is 5. The standard InChI is InChI=1S/C12H25N5O/c1-12(2,3)13-10-11-14-15-16-17(11)8-6-5-7-9-18-4/h13H,5-10H2,1-4H3. The van der Waals surface area contributed by atoms with E-state index in [1.165, 1.54) is 0 Å². The van der Waals surface area contributed by atoms with Gasteiger partial charge in [0.25, 0.3) is 0 Å². The third-order valence-electron chi connectivity index (χ3n) is 2.60. The molecule has 0 spiro atoms. The Morgan fingerprint density at radius 1 is 1.22 bits per heavy atom. The number of tetrazole rings is 1. The summed E-state index contributed by atoms with van der Waals surface area (Å²) in [6.45, 7) is 8.80. The fourth-order valence-electron chi connectivity index (χ4n) is 1.55. The molecule has 1 aromatic rings. The van der Waals surface area contributed by atoms with Crippen molar-refractivity contribution in [3.8, 4) is 0 Å². The molecule has 6 nitrogen and oxygen atoms in total. The maximum absolute atomic E-state index is 5.02. The van der Waals surface area contributed by atoms with E-state index in [0.29, 0.717) is 6.54 Å². The van der Waals surface area contributed by atoms with E-state index in [1.807, 2.05) is 4.68 Å². The van der Waals surface area contributed by atoms with Crippen molar-refractivity contribution in [1.82, 2.24) is 25.5 Å². The van der Waals surface area contributed by atoms with Crippen molar-refractivity contribution in [3.63, 3.8) is 0 Å². The highest BCUT2D eigenvalue weighted by molar-refractivity contribution is 4.83. The molecule has 0 bridgehead atoms. The van der Waals surface area contributed by atoms with E-state index in [0.717, 1.165) is 38.2 Å². The number of aromatic nitrogens is 4. The van der Waals surface area contributed by atoms with Crippen LogP contribution in [0.5, 0.6) is 0 Å². The minimum Gasteiger partial charge on any atom is -0.385 e. The molecular formula is C12H25N5O. The van der Waals surface area contributed by atoms with Crippen molar-refractivity contribution < 1.29 is 4.74 Å². The summed E-state index contributed by atoms with van der Waals surface area (Å²) in [4.78, 5) is 0. The Labute approximate surface area is 109 Å². The first-order valence-electron chi connectivity index (χ1n) is 6.52. The van der Waals surface area contributed by atoms with Gasteiger partial charge in [-0.05, 0) is 50.5 Å². The van der Waals surface area contributed by atoms with Gasteiger partial charge in [0.05, 0.1) is 6.54 Å². The van der Waals surface area contributed by atoms with E-state index >= 15 is 0 Å².